The minimum atomic E-state index is -0.0223. The molecule has 2 saturated carbocycles. The molecule has 0 bridgehead atoms. The molecule has 4 heteroatoms. The van der Waals surface area contributed by atoms with Crippen molar-refractivity contribution in [2.75, 3.05) is 26.7 Å². The smallest absolute Gasteiger partial charge is 0.310 e. The van der Waals surface area contributed by atoms with E-state index in [0.717, 1.165) is 25.4 Å². The molecule has 2 unspecified atom stereocenters. The van der Waals surface area contributed by atoms with Crippen molar-refractivity contribution in [2.24, 2.45) is 11.8 Å². The van der Waals surface area contributed by atoms with E-state index < -0.39 is 0 Å². The first-order chi connectivity index (χ1) is 10.2. The third-order valence-corrected chi connectivity index (χ3v) is 5.35. The Morgan fingerprint density at radius 2 is 1.86 bits per heavy atom. The molecule has 1 saturated heterocycles. The lowest BCUT2D eigenvalue weighted by Gasteiger charge is -2.39. The lowest BCUT2D eigenvalue weighted by molar-refractivity contribution is -0.147. The number of likely N-dealkylation sites (tertiary alicyclic amines) is 1. The van der Waals surface area contributed by atoms with E-state index in [4.69, 9.17) is 4.74 Å². The highest BCUT2D eigenvalue weighted by molar-refractivity contribution is 5.72. The van der Waals surface area contributed by atoms with E-state index in [1.54, 1.807) is 0 Å². The minimum absolute atomic E-state index is 0.0223. The summed E-state index contributed by atoms with van der Waals surface area (Å²) in [7, 11) is 1.52. The van der Waals surface area contributed by atoms with Crippen LogP contribution in [0.4, 0.5) is 0 Å². The van der Waals surface area contributed by atoms with Crippen LogP contribution in [0.5, 0.6) is 0 Å². The van der Waals surface area contributed by atoms with Crippen molar-refractivity contribution >= 4 is 5.97 Å². The van der Waals surface area contributed by atoms with Gasteiger partial charge in [0.1, 0.15) is 0 Å². The molecule has 1 N–H and O–H groups in total. The molecule has 3 aliphatic rings. The Hall–Kier alpha value is -0.610. The van der Waals surface area contributed by atoms with Crippen molar-refractivity contribution in [1.29, 1.82) is 0 Å². The number of hydrogen-bond donors (Lipinski definition) is 1. The molecule has 2 aliphatic carbocycles. The van der Waals surface area contributed by atoms with Crippen LogP contribution in [0.2, 0.25) is 0 Å². The first-order valence-electron chi connectivity index (χ1n) is 8.81. The molecule has 3 rings (SSSR count). The Morgan fingerprint density at radius 3 is 2.52 bits per heavy atom. The summed E-state index contributed by atoms with van der Waals surface area (Å²) in [6, 6.07) is 1.13. The van der Waals surface area contributed by atoms with Crippen molar-refractivity contribution < 1.29 is 9.53 Å². The minimum Gasteiger partial charge on any atom is -0.469 e. The average molecular weight is 294 g/mol. The van der Waals surface area contributed by atoms with Gasteiger partial charge in [0.2, 0.25) is 0 Å². The summed E-state index contributed by atoms with van der Waals surface area (Å²) in [6.07, 6.45) is 10.4. The second kappa shape index (κ2) is 7.10. The van der Waals surface area contributed by atoms with Crippen LogP contribution in [-0.2, 0) is 9.53 Å². The topological polar surface area (TPSA) is 41.6 Å². The molecule has 1 heterocycles. The van der Waals surface area contributed by atoms with Crippen LogP contribution in [0.25, 0.3) is 0 Å². The lowest BCUT2D eigenvalue weighted by atomic mass is 9.90. The molecule has 2 atom stereocenters. The maximum absolute atomic E-state index is 12.0. The SMILES string of the molecule is COC(=O)C1CC(NC2CCCCC2)CN(CC2CC2)C1. The number of ether oxygens (including phenoxy) is 1. The van der Waals surface area contributed by atoms with Crippen LogP contribution in [0.3, 0.4) is 0 Å². The predicted molar refractivity (Wildman–Crippen MR) is 83.1 cm³/mol. The Balaban J connectivity index is 1.56. The molecule has 4 nitrogen and oxygen atoms in total. The fourth-order valence-corrected chi connectivity index (χ4v) is 4.07. The first kappa shape index (κ1) is 15.3. The van der Waals surface area contributed by atoms with E-state index in [9.17, 15) is 4.79 Å². The van der Waals surface area contributed by atoms with Crippen LogP contribution < -0.4 is 5.32 Å². The number of rotatable bonds is 5. The van der Waals surface area contributed by atoms with Crippen molar-refractivity contribution in [1.82, 2.24) is 10.2 Å². The van der Waals surface area contributed by atoms with Crippen molar-refractivity contribution in [3.05, 3.63) is 0 Å². The molecular weight excluding hydrogens is 264 g/mol. The van der Waals surface area contributed by atoms with Gasteiger partial charge in [0.05, 0.1) is 13.0 Å². The van der Waals surface area contributed by atoms with E-state index in [-0.39, 0.29) is 11.9 Å². The molecule has 3 fully saturated rings. The molecule has 0 aromatic heterocycles. The summed E-state index contributed by atoms with van der Waals surface area (Å²) in [5.74, 6) is 0.922. The number of methoxy groups -OCH3 is 1. The number of hydrogen-bond acceptors (Lipinski definition) is 4. The van der Waals surface area contributed by atoms with Crippen LogP contribution >= 0.6 is 0 Å². The summed E-state index contributed by atoms with van der Waals surface area (Å²) in [5, 5.41) is 3.84. The van der Waals surface area contributed by atoms with Gasteiger partial charge in [-0.1, -0.05) is 19.3 Å². The number of esters is 1. The standard InChI is InChI=1S/C17H30N2O2/c1-21-17(20)14-9-16(18-15-5-3-2-4-6-15)12-19(11-14)10-13-7-8-13/h13-16,18H,2-12H2,1H3. The van der Waals surface area contributed by atoms with Gasteiger partial charge in [-0.25, -0.2) is 0 Å². The third kappa shape index (κ3) is 4.43. The molecule has 0 aromatic carbocycles. The van der Waals surface area contributed by atoms with E-state index in [1.165, 1.54) is 58.6 Å². The Kier molecular flexibility index (Phi) is 5.17. The second-order valence-corrected chi connectivity index (χ2v) is 7.32. The van der Waals surface area contributed by atoms with Crippen LogP contribution in [0, 0.1) is 11.8 Å². The molecule has 0 aromatic rings. The summed E-state index contributed by atoms with van der Waals surface area (Å²) in [5.41, 5.74) is 0. The summed E-state index contributed by atoms with van der Waals surface area (Å²) >= 11 is 0. The molecule has 21 heavy (non-hydrogen) atoms. The zero-order chi connectivity index (χ0) is 14.7. The van der Waals surface area contributed by atoms with Gasteiger partial charge in [-0.15, -0.1) is 0 Å². The van der Waals surface area contributed by atoms with Gasteiger partial charge in [-0.2, -0.15) is 0 Å². The maximum atomic E-state index is 12.0. The molecule has 0 spiro atoms. The van der Waals surface area contributed by atoms with Crippen LogP contribution in [0.15, 0.2) is 0 Å². The molecular formula is C17H30N2O2. The van der Waals surface area contributed by atoms with Crippen molar-refractivity contribution in [3.8, 4) is 0 Å². The Labute approximate surface area is 128 Å². The number of carbonyl (C=O) groups is 1. The summed E-state index contributed by atoms with van der Waals surface area (Å²) < 4.78 is 5.00. The molecule has 120 valence electrons. The highest BCUT2D eigenvalue weighted by Crippen LogP contribution is 2.31. The van der Waals surface area contributed by atoms with Gasteiger partial charge >= 0.3 is 5.97 Å². The fourth-order valence-electron chi connectivity index (χ4n) is 4.07. The van der Waals surface area contributed by atoms with E-state index in [2.05, 4.69) is 10.2 Å². The Morgan fingerprint density at radius 1 is 1.10 bits per heavy atom. The molecule has 1 aliphatic heterocycles. The van der Waals surface area contributed by atoms with E-state index >= 15 is 0 Å². The van der Waals surface area contributed by atoms with Crippen LogP contribution in [-0.4, -0.2) is 49.7 Å². The van der Waals surface area contributed by atoms with Crippen molar-refractivity contribution in [3.63, 3.8) is 0 Å². The van der Waals surface area contributed by atoms with Gasteiger partial charge < -0.3 is 15.0 Å². The first-order valence-corrected chi connectivity index (χ1v) is 8.81. The van der Waals surface area contributed by atoms with Gasteiger partial charge in [-0.3, -0.25) is 4.79 Å². The Bertz CT molecular complexity index is 351. The number of piperidine rings is 1. The molecule has 0 radical (unpaired) electrons. The maximum Gasteiger partial charge on any atom is 0.310 e. The van der Waals surface area contributed by atoms with Gasteiger partial charge in [0, 0.05) is 31.7 Å². The highest BCUT2D eigenvalue weighted by Gasteiger charge is 2.35. The van der Waals surface area contributed by atoms with E-state index in [0.29, 0.717) is 12.1 Å². The second-order valence-electron chi connectivity index (χ2n) is 7.32. The van der Waals surface area contributed by atoms with Crippen molar-refractivity contribution in [2.45, 2.75) is 63.5 Å². The average Bonchev–Trinajstić information content (AvgIpc) is 3.31. The quantitative estimate of drug-likeness (QED) is 0.789. The monoisotopic (exact) mass is 294 g/mol. The van der Waals surface area contributed by atoms with Gasteiger partial charge in [0.25, 0.3) is 0 Å². The van der Waals surface area contributed by atoms with Gasteiger partial charge in [0.15, 0.2) is 0 Å². The fraction of sp³-hybridized carbons (Fsp3) is 0.941. The third-order valence-electron chi connectivity index (χ3n) is 5.35. The summed E-state index contributed by atoms with van der Waals surface area (Å²) in [6.45, 7) is 3.18. The van der Waals surface area contributed by atoms with Gasteiger partial charge in [-0.05, 0) is 38.0 Å². The van der Waals surface area contributed by atoms with E-state index in [1.807, 2.05) is 0 Å². The molecule has 0 amide bonds. The van der Waals surface area contributed by atoms with Crippen LogP contribution in [0.1, 0.15) is 51.4 Å². The zero-order valence-electron chi connectivity index (χ0n) is 13.4. The largest absolute Gasteiger partial charge is 0.469 e. The number of nitrogens with one attached hydrogen (secondary N) is 1. The number of carbonyl (C=O) groups excluding carboxylic acids is 1. The highest BCUT2D eigenvalue weighted by atomic mass is 16.5. The predicted octanol–water partition coefficient (Wildman–Crippen LogP) is 2.18. The summed E-state index contributed by atoms with van der Waals surface area (Å²) in [4.78, 5) is 14.5. The lowest BCUT2D eigenvalue weighted by Crippen LogP contribution is -2.54. The number of nitrogens with zero attached hydrogens (tertiary/aromatic N) is 1. The zero-order valence-corrected chi connectivity index (χ0v) is 13.4. The normalized spacial score (nSPS) is 32.0.